The highest BCUT2D eigenvalue weighted by atomic mass is 32.1. The van der Waals surface area contributed by atoms with Crippen LogP contribution in [0.4, 0.5) is 0 Å². The van der Waals surface area contributed by atoms with Gasteiger partial charge in [0.2, 0.25) is 0 Å². The Balaban J connectivity index is 2.04. The summed E-state index contributed by atoms with van der Waals surface area (Å²) in [4.78, 5) is 4.52. The molecule has 0 spiro atoms. The van der Waals surface area contributed by atoms with Gasteiger partial charge in [0.1, 0.15) is 5.01 Å². The minimum Gasteiger partial charge on any atom is -0.245 e. The number of aromatic nitrogens is 1. The van der Waals surface area contributed by atoms with Gasteiger partial charge in [0, 0.05) is 11.3 Å². The maximum Gasteiger partial charge on any atom is 0.107 e. The Morgan fingerprint density at radius 1 is 1.43 bits per heavy atom. The number of hydrogen-bond donors (Lipinski definition) is 0. The second-order valence-corrected chi connectivity index (χ2v) is 4.78. The third kappa shape index (κ3) is 2.13. The van der Waals surface area contributed by atoms with E-state index in [0.717, 1.165) is 5.01 Å². The first-order valence-corrected chi connectivity index (χ1v) is 6.09. The Morgan fingerprint density at radius 3 is 2.93 bits per heavy atom. The highest BCUT2D eigenvalue weighted by Gasteiger charge is 2.17. The normalized spacial score (nSPS) is 17.9. The second kappa shape index (κ2) is 4.56. The highest BCUT2D eigenvalue weighted by molar-refractivity contribution is 7.09. The number of thiazole rings is 1. The predicted molar refractivity (Wildman–Crippen MR) is 57.3 cm³/mol. The molecule has 0 aromatic carbocycles. The van der Waals surface area contributed by atoms with Gasteiger partial charge in [-0.2, -0.15) is 5.26 Å². The smallest absolute Gasteiger partial charge is 0.107 e. The second-order valence-electron chi connectivity index (χ2n) is 3.84. The van der Waals surface area contributed by atoms with Crippen LogP contribution >= 0.6 is 11.3 Å². The van der Waals surface area contributed by atoms with Crippen LogP contribution in [0.1, 0.15) is 48.7 Å². The third-order valence-corrected chi connectivity index (χ3v) is 3.69. The topological polar surface area (TPSA) is 36.7 Å². The minimum absolute atomic E-state index is 0.470. The van der Waals surface area contributed by atoms with Crippen molar-refractivity contribution in [3.05, 3.63) is 16.1 Å². The van der Waals surface area contributed by atoms with E-state index in [1.54, 1.807) is 11.3 Å². The lowest BCUT2D eigenvalue weighted by Gasteiger charge is -2.19. The van der Waals surface area contributed by atoms with E-state index in [0.29, 0.717) is 12.3 Å². The van der Waals surface area contributed by atoms with Crippen molar-refractivity contribution < 1.29 is 0 Å². The van der Waals surface area contributed by atoms with Gasteiger partial charge in [-0.25, -0.2) is 4.98 Å². The Bertz CT molecular complexity index is 331. The molecule has 1 aromatic heterocycles. The summed E-state index contributed by atoms with van der Waals surface area (Å²) in [6.07, 6.45) is 7.11. The van der Waals surface area contributed by atoms with Crippen LogP contribution in [0.5, 0.6) is 0 Å². The van der Waals surface area contributed by atoms with Gasteiger partial charge in [-0.3, -0.25) is 0 Å². The molecule has 0 N–H and O–H groups in total. The van der Waals surface area contributed by atoms with E-state index in [-0.39, 0.29) is 0 Å². The molecule has 1 fully saturated rings. The molecule has 0 aliphatic heterocycles. The summed E-state index contributed by atoms with van der Waals surface area (Å²) in [5.74, 6) is 0.674. The molecule has 2 rings (SSSR count). The first kappa shape index (κ1) is 9.67. The molecule has 0 saturated heterocycles. The average Bonchev–Trinajstić information content (AvgIpc) is 2.68. The summed E-state index contributed by atoms with van der Waals surface area (Å²) in [6, 6.07) is 2.15. The largest absolute Gasteiger partial charge is 0.245 e. The zero-order valence-electron chi connectivity index (χ0n) is 8.20. The van der Waals surface area contributed by atoms with E-state index < -0.39 is 0 Å². The van der Waals surface area contributed by atoms with Crippen molar-refractivity contribution in [2.75, 3.05) is 0 Å². The van der Waals surface area contributed by atoms with Gasteiger partial charge in [-0.05, 0) is 12.8 Å². The predicted octanol–water partition coefficient (Wildman–Crippen LogP) is 3.26. The van der Waals surface area contributed by atoms with Gasteiger partial charge in [0.15, 0.2) is 0 Å². The van der Waals surface area contributed by atoms with Crippen LogP contribution in [0.15, 0.2) is 5.38 Å². The van der Waals surface area contributed by atoms with Crippen LogP contribution in [0.25, 0.3) is 0 Å². The van der Waals surface area contributed by atoms with E-state index in [2.05, 4.69) is 16.4 Å². The molecule has 3 heteroatoms. The van der Waals surface area contributed by atoms with Gasteiger partial charge in [0.25, 0.3) is 0 Å². The van der Waals surface area contributed by atoms with Crippen LogP contribution in [-0.4, -0.2) is 4.98 Å². The molecule has 1 saturated carbocycles. The van der Waals surface area contributed by atoms with Crippen molar-refractivity contribution in [2.45, 2.75) is 44.4 Å². The van der Waals surface area contributed by atoms with Gasteiger partial charge in [-0.1, -0.05) is 19.3 Å². The van der Waals surface area contributed by atoms with Crippen LogP contribution in [0.3, 0.4) is 0 Å². The highest BCUT2D eigenvalue weighted by Crippen LogP contribution is 2.32. The molecule has 0 atom stereocenters. The Hall–Kier alpha value is -0.880. The van der Waals surface area contributed by atoms with Gasteiger partial charge in [-0.15, -0.1) is 11.3 Å². The molecule has 14 heavy (non-hydrogen) atoms. The molecular formula is C11H14N2S. The van der Waals surface area contributed by atoms with Crippen molar-refractivity contribution >= 4 is 11.3 Å². The zero-order chi connectivity index (χ0) is 9.80. The lowest BCUT2D eigenvalue weighted by molar-refractivity contribution is 0.437. The molecule has 0 radical (unpaired) electrons. The van der Waals surface area contributed by atoms with Crippen LogP contribution in [0, 0.1) is 11.3 Å². The quantitative estimate of drug-likeness (QED) is 0.744. The molecule has 1 aromatic rings. The standard InChI is InChI=1S/C11H14N2S/c12-7-6-11-13-10(8-14-11)9-4-2-1-3-5-9/h8-9H,1-6H2. The van der Waals surface area contributed by atoms with Crippen molar-refractivity contribution in [3.8, 4) is 6.07 Å². The van der Waals surface area contributed by atoms with E-state index in [9.17, 15) is 0 Å². The Labute approximate surface area is 88.6 Å². The lowest BCUT2D eigenvalue weighted by Crippen LogP contribution is -2.04. The van der Waals surface area contributed by atoms with Crippen LogP contribution in [-0.2, 0) is 6.42 Å². The van der Waals surface area contributed by atoms with Gasteiger partial charge < -0.3 is 0 Å². The summed E-state index contributed by atoms with van der Waals surface area (Å²) < 4.78 is 0. The fourth-order valence-corrected chi connectivity index (χ4v) is 2.87. The van der Waals surface area contributed by atoms with E-state index in [1.165, 1.54) is 37.8 Å². The SMILES string of the molecule is N#CCc1nc(C2CCCCC2)cs1. The molecule has 0 unspecified atom stereocenters. The number of nitriles is 1. The molecule has 74 valence electrons. The zero-order valence-corrected chi connectivity index (χ0v) is 9.02. The van der Waals surface area contributed by atoms with Gasteiger partial charge >= 0.3 is 0 Å². The summed E-state index contributed by atoms with van der Waals surface area (Å²) >= 11 is 1.63. The molecule has 2 nitrogen and oxygen atoms in total. The molecule has 1 aliphatic carbocycles. The number of hydrogen-bond acceptors (Lipinski definition) is 3. The van der Waals surface area contributed by atoms with Crippen molar-refractivity contribution in [1.29, 1.82) is 5.26 Å². The molecule has 1 heterocycles. The fraction of sp³-hybridized carbons (Fsp3) is 0.636. The summed E-state index contributed by atoms with van der Waals surface area (Å²) in [5, 5.41) is 11.7. The number of rotatable bonds is 2. The minimum atomic E-state index is 0.470. The molecule has 1 aliphatic rings. The first-order valence-electron chi connectivity index (χ1n) is 5.21. The van der Waals surface area contributed by atoms with Crippen LogP contribution in [0.2, 0.25) is 0 Å². The van der Waals surface area contributed by atoms with Crippen molar-refractivity contribution in [3.63, 3.8) is 0 Å². The molecule has 0 bridgehead atoms. The fourth-order valence-electron chi connectivity index (χ4n) is 2.06. The summed E-state index contributed by atoms with van der Waals surface area (Å²) in [6.45, 7) is 0. The molecule has 0 amide bonds. The van der Waals surface area contributed by atoms with E-state index in [4.69, 9.17) is 5.26 Å². The Kier molecular flexibility index (Phi) is 3.15. The summed E-state index contributed by atoms with van der Waals surface area (Å²) in [7, 11) is 0. The first-order chi connectivity index (χ1) is 6.90. The maximum atomic E-state index is 8.56. The Morgan fingerprint density at radius 2 is 2.21 bits per heavy atom. The van der Waals surface area contributed by atoms with E-state index >= 15 is 0 Å². The number of nitrogens with zero attached hydrogens (tertiary/aromatic N) is 2. The maximum absolute atomic E-state index is 8.56. The van der Waals surface area contributed by atoms with E-state index in [1.807, 2.05) is 0 Å². The van der Waals surface area contributed by atoms with Crippen molar-refractivity contribution in [1.82, 2.24) is 4.98 Å². The third-order valence-electron chi connectivity index (χ3n) is 2.82. The average molecular weight is 206 g/mol. The van der Waals surface area contributed by atoms with Gasteiger partial charge in [0.05, 0.1) is 18.2 Å². The monoisotopic (exact) mass is 206 g/mol. The van der Waals surface area contributed by atoms with Crippen LogP contribution < -0.4 is 0 Å². The molecular weight excluding hydrogens is 192 g/mol. The summed E-state index contributed by atoms with van der Waals surface area (Å²) in [5.41, 5.74) is 1.24. The lowest BCUT2D eigenvalue weighted by atomic mass is 9.87. The van der Waals surface area contributed by atoms with Crippen molar-refractivity contribution in [2.24, 2.45) is 0 Å².